The lowest BCUT2D eigenvalue weighted by molar-refractivity contribution is -0.115. The van der Waals surface area contributed by atoms with Gasteiger partial charge >= 0.3 is 0 Å². The van der Waals surface area contributed by atoms with Crippen molar-refractivity contribution in [2.75, 3.05) is 18.4 Å². The number of anilines is 1. The molecule has 100 valence electrons. The number of carbonyl (C=O) groups is 1. The van der Waals surface area contributed by atoms with E-state index in [2.05, 4.69) is 26.6 Å². The Bertz CT molecular complexity index is 545. The fourth-order valence-corrected chi connectivity index (χ4v) is 2.38. The van der Waals surface area contributed by atoms with Crippen LogP contribution in [0.15, 0.2) is 27.6 Å². The van der Waals surface area contributed by atoms with Crippen LogP contribution in [0.3, 0.4) is 0 Å². The molecule has 8 heteroatoms. The number of benzene rings is 1. The molecule has 0 atom stereocenters. The van der Waals surface area contributed by atoms with Crippen LogP contribution in [-0.4, -0.2) is 27.4 Å². The number of nitrogens with one attached hydrogen (secondary N) is 2. The van der Waals surface area contributed by atoms with Crippen molar-refractivity contribution < 1.29 is 13.2 Å². The van der Waals surface area contributed by atoms with E-state index in [0.717, 1.165) is 0 Å². The van der Waals surface area contributed by atoms with Gasteiger partial charge in [0.2, 0.25) is 15.9 Å². The predicted molar refractivity (Wildman–Crippen MR) is 72.7 cm³/mol. The second kappa shape index (κ2) is 6.28. The topological polar surface area (TPSA) is 101 Å². The monoisotopic (exact) mass is 335 g/mol. The van der Waals surface area contributed by atoms with Crippen LogP contribution in [0.4, 0.5) is 5.69 Å². The zero-order valence-corrected chi connectivity index (χ0v) is 12.1. The predicted octanol–water partition coefficient (Wildman–Crippen LogP) is 0.645. The summed E-state index contributed by atoms with van der Waals surface area (Å²) in [6.07, 6.45) is 0. The highest BCUT2D eigenvalue weighted by Gasteiger charge is 2.11. The highest BCUT2D eigenvalue weighted by molar-refractivity contribution is 9.10. The maximum absolute atomic E-state index is 11.5. The summed E-state index contributed by atoms with van der Waals surface area (Å²) < 4.78 is 22.7. The highest BCUT2D eigenvalue weighted by atomic mass is 79.9. The first-order chi connectivity index (χ1) is 8.34. The number of likely N-dealkylation sites (N-methyl/N-ethyl adjacent to an activating group) is 1. The maximum atomic E-state index is 11.5. The Hall–Kier alpha value is -0.960. The van der Waals surface area contributed by atoms with Crippen LogP contribution in [0.2, 0.25) is 0 Å². The van der Waals surface area contributed by atoms with E-state index in [4.69, 9.17) is 5.14 Å². The van der Waals surface area contributed by atoms with E-state index in [1.54, 1.807) is 0 Å². The Morgan fingerprint density at radius 3 is 2.61 bits per heavy atom. The summed E-state index contributed by atoms with van der Waals surface area (Å²) >= 11 is 3.18. The molecule has 4 N–H and O–H groups in total. The standard InChI is InChI=1S/C10H14BrN3O3S/c1-2-13-6-10(15)14-9-4-3-7(5-8(9)11)18(12,16)17/h3-5,13H,2,6H2,1H3,(H,14,15)(H2,12,16,17). The normalized spacial score (nSPS) is 11.3. The van der Waals surface area contributed by atoms with Gasteiger partial charge in [0.25, 0.3) is 0 Å². The molecule has 0 aliphatic carbocycles. The Labute approximate surface area is 114 Å². The van der Waals surface area contributed by atoms with Crippen LogP contribution in [0.5, 0.6) is 0 Å². The van der Waals surface area contributed by atoms with Gasteiger partial charge < -0.3 is 10.6 Å². The summed E-state index contributed by atoms with van der Waals surface area (Å²) in [5, 5.41) is 10.5. The average molecular weight is 336 g/mol. The zero-order chi connectivity index (χ0) is 13.8. The van der Waals surface area contributed by atoms with Crippen molar-refractivity contribution in [3.8, 4) is 0 Å². The lowest BCUT2D eigenvalue weighted by Crippen LogP contribution is -2.27. The van der Waals surface area contributed by atoms with Crippen LogP contribution < -0.4 is 15.8 Å². The van der Waals surface area contributed by atoms with Crippen molar-refractivity contribution >= 4 is 37.5 Å². The molecule has 0 spiro atoms. The lowest BCUT2D eigenvalue weighted by Gasteiger charge is -2.08. The Balaban J connectivity index is 2.84. The molecule has 1 aromatic rings. The molecule has 1 aromatic carbocycles. The molecule has 0 aromatic heterocycles. The third kappa shape index (κ3) is 4.37. The summed E-state index contributed by atoms with van der Waals surface area (Å²) in [7, 11) is -3.74. The first-order valence-corrected chi connectivity index (χ1v) is 7.51. The largest absolute Gasteiger partial charge is 0.324 e. The van der Waals surface area contributed by atoms with E-state index >= 15 is 0 Å². The third-order valence-electron chi connectivity index (χ3n) is 2.08. The molecule has 0 unspecified atom stereocenters. The number of primary sulfonamides is 1. The van der Waals surface area contributed by atoms with Crippen molar-refractivity contribution in [2.45, 2.75) is 11.8 Å². The number of rotatable bonds is 5. The minimum atomic E-state index is -3.74. The van der Waals surface area contributed by atoms with Gasteiger partial charge in [-0.15, -0.1) is 0 Å². The summed E-state index contributed by atoms with van der Waals surface area (Å²) in [5.41, 5.74) is 0.491. The molecule has 0 aliphatic heterocycles. The Kier molecular flexibility index (Phi) is 5.27. The van der Waals surface area contributed by atoms with E-state index < -0.39 is 10.0 Å². The molecular weight excluding hydrogens is 322 g/mol. The SMILES string of the molecule is CCNCC(=O)Nc1ccc(S(N)(=O)=O)cc1Br. The summed E-state index contributed by atoms with van der Waals surface area (Å²) in [6, 6.07) is 4.16. The summed E-state index contributed by atoms with van der Waals surface area (Å²) in [6.45, 7) is 2.78. The molecule has 0 aliphatic rings. The molecule has 0 saturated carbocycles. The van der Waals surface area contributed by atoms with Crippen molar-refractivity contribution in [1.29, 1.82) is 0 Å². The zero-order valence-electron chi connectivity index (χ0n) is 9.73. The summed E-state index contributed by atoms with van der Waals surface area (Å²) in [5.74, 6) is -0.207. The smallest absolute Gasteiger partial charge is 0.238 e. The van der Waals surface area contributed by atoms with Crippen molar-refractivity contribution in [3.05, 3.63) is 22.7 Å². The molecule has 0 fully saturated rings. The minimum Gasteiger partial charge on any atom is -0.324 e. The molecule has 0 heterocycles. The number of halogens is 1. The van der Waals surface area contributed by atoms with Gasteiger partial charge in [-0.05, 0) is 40.7 Å². The third-order valence-corrected chi connectivity index (χ3v) is 3.65. The van der Waals surface area contributed by atoms with Crippen LogP contribution in [0.25, 0.3) is 0 Å². The van der Waals surface area contributed by atoms with E-state index in [1.807, 2.05) is 6.92 Å². The van der Waals surface area contributed by atoms with Crippen LogP contribution in [-0.2, 0) is 14.8 Å². The van der Waals surface area contributed by atoms with Gasteiger partial charge in [-0.25, -0.2) is 13.6 Å². The average Bonchev–Trinajstić information content (AvgIpc) is 2.27. The van der Waals surface area contributed by atoms with E-state index in [1.165, 1.54) is 18.2 Å². The van der Waals surface area contributed by atoms with Crippen molar-refractivity contribution in [2.24, 2.45) is 5.14 Å². The van der Waals surface area contributed by atoms with Crippen molar-refractivity contribution in [3.63, 3.8) is 0 Å². The quantitative estimate of drug-likeness (QED) is 0.735. The Morgan fingerprint density at radius 2 is 2.11 bits per heavy atom. The second-order valence-corrected chi connectivity index (χ2v) is 5.93. The number of hydrogen-bond donors (Lipinski definition) is 3. The molecule has 1 rings (SSSR count). The molecular formula is C10H14BrN3O3S. The first kappa shape index (κ1) is 15.1. The number of carbonyl (C=O) groups excluding carboxylic acids is 1. The van der Waals surface area contributed by atoms with Crippen LogP contribution in [0, 0.1) is 0 Å². The van der Waals surface area contributed by atoms with Gasteiger partial charge in [-0.2, -0.15) is 0 Å². The maximum Gasteiger partial charge on any atom is 0.238 e. The fourth-order valence-electron chi connectivity index (χ4n) is 1.21. The van der Waals surface area contributed by atoms with Gasteiger partial charge in [0, 0.05) is 4.47 Å². The molecule has 0 saturated heterocycles. The molecule has 1 amide bonds. The Morgan fingerprint density at radius 1 is 1.44 bits per heavy atom. The molecule has 0 radical (unpaired) electrons. The first-order valence-electron chi connectivity index (χ1n) is 5.17. The lowest BCUT2D eigenvalue weighted by atomic mass is 10.3. The number of amides is 1. The highest BCUT2D eigenvalue weighted by Crippen LogP contribution is 2.25. The van der Waals surface area contributed by atoms with Gasteiger partial charge in [-0.3, -0.25) is 4.79 Å². The van der Waals surface area contributed by atoms with E-state index in [-0.39, 0.29) is 17.3 Å². The van der Waals surface area contributed by atoms with Gasteiger partial charge in [0.05, 0.1) is 17.1 Å². The van der Waals surface area contributed by atoms with Gasteiger partial charge in [-0.1, -0.05) is 6.92 Å². The molecule has 18 heavy (non-hydrogen) atoms. The van der Waals surface area contributed by atoms with Gasteiger partial charge in [0.15, 0.2) is 0 Å². The van der Waals surface area contributed by atoms with Gasteiger partial charge in [0.1, 0.15) is 0 Å². The number of nitrogens with two attached hydrogens (primary N) is 1. The number of hydrogen-bond acceptors (Lipinski definition) is 4. The van der Waals surface area contributed by atoms with E-state index in [0.29, 0.717) is 16.7 Å². The van der Waals surface area contributed by atoms with Crippen LogP contribution >= 0.6 is 15.9 Å². The fraction of sp³-hybridized carbons (Fsp3) is 0.300. The molecule has 0 bridgehead atoms. The number of sulfonamides is 1. The second-order valence-electron chi connectivity index (χ2n) is 3.52. The van der Waals surface area contributed by atoms with Crippen molar-refractivity contribution in [1.82, 2.24) is 5.32 Å². The van der Waals surface area contributed by atoms with E-state index in [9.17, 15) is 13.2 Å². The van der Waals surface area contributed by atoms with Crippen LogP contribution in [0.1, 0.15) is 6.92 Å². The summed E-state index contributed by atoms with van der Waals surface area (Å²) in [4.78, 5) is 11.5. The molecule has 6 nitrogen and oxygen atoms in total. The minimum absolute atomic E-state index is 0.0148.